The summed E-state index contributed by atoms with van der Waals surface area (Å²) < 4.78 is 19.4. The lowest BCUT2D eigenvalue weighted by atomic mass is 10.0. The van der Waals surface area contributed by atoms with Gasteiger partial charge >= 0.3 is 0 Å². The van der Waals surface area contributed by atoms with Gasteiger partial charge in [0.15, 0.2) is 0 Å². The predicted octanol–water partition coefficient (Wildman–Crippen LogP) is 3.44. The predicted molar refractivity (Wildman–Crippen MR) is 64.8 cm³/mol. The Morgan fingerprint density at radius 2 is 2.19 bits per heavy atom. The summed E-state index contributed by atoms with van der Waals surface area (Å²) in [5.41, 5.74) is 0.273. The Hall–Kier alpha value is -0.450. The van der Waals surface area contributed by atoms with E-state index in [1.165, 1.54) is 13.2 Å². The van der Waals surface area contributed by atoms with Crippen molar-refractivity contribution in [1.29, 1.82) is 0 Å². The summed E-state index contributed by atoms with van der Waals surface area (Å²) in [4.78, 5) is 0. The molecule has 0 bridgehead atoms. The van der Waals surface area contributed by atoms with E-state index in [-0.39, 0.29) is 11.7 Å². The second kappa shape index (κ2) is 6.33. The summed E-state index contributed by atoms with van der Waals surface area (Å²) in [6.07, 6.45) is 0.283. The summed E-state index contributed by atoms with van der Waals surface area (Å²) in [6.45, 7) is 2.00. The van der Waals surface area contributed by atoms with E-state index >= 15 is 0 Å². The fraction of sp³-hybridized carbons (Fsp3) is 0.500. The highest BCUT2D eigenvalue weighted by molar-refractivity contribution is 9.10. The van der Waals surface area contributed by atoms with Crippen LogP contribution in [0.2, 0.25) is 0 Å². The Morgan fingerprint density at radius 3 is 2.75 bits per heavy atom. The van der Waals surface area contributed by atoms with Gasteiger partial charge in [-0.1, -0.05) is 29.3 Å². The quantitative estimate of drug-likeness (QED) is 0.900. The van der Waals surface area contributed by atoms with E-state index in [4.69, 9.17) is 4.74 Å². The Balaban J connectivity index is 2.93. The average molecular weight is 291 g/mol. The van der Waals surface area contributed by atoms with Crippen molar-refractivity contribution < 1.29 is 14.2 Å². The monoisotopic (exact) mass is 290 g/mol. The Labute approximate surface area is 104 Å². The van der Waals surface area contributed by atoms with Crippen molar-refractivity contribution in [3.8, 4) is 0 Å². The van der Waals surface area contributed by atoms with Crippen molar-refractivity contribution in [3.05, 3.63) is 34.1 Å². The zero-order valence-electron chi connectivity index (χ0n) is 9.41. The maximum atomic E-state index is 13.5. The fourth-order valence-corrected chi connectivity index (χ4v) is 2.01. The maximum absolute atomic E-state index is 13.5. The van der Waals surface area contributed by atoms with E-state index < -0.39 is 11.9 Å². The van der Waals surface area contributed by atoms with Crippen molar-refractivity contribution in [2.75, 3.05) is 7.11 Å². The van der Waals surface area contributed by atoms with Crippen molar-refractivity contribution in [3.63, 3.8) is 0 Å². The highest BCUT2D eigenvalue weighted by Crippen LogP contribution is 2.27. The van der Waals surface area contributed by atoms with Gasteiger partial charge in [-0.05, 0) is 24.6 Å². The van der Waals surface area contributed by atoms with Crippen LogP contribution in [0, 0.1) is 5.82 Å². The molecule has 0 fully saturated rings. The van der Waals surface area contributed by atoms with Crippen LogP contribution in [0.4, 0.5) is 4.39 Å². The lowest BCUT2D eigenvalue weighted by Crippen LogP contribution is -2.21. The minimum absolute atomic E-state index is 0.273. The molecule has 4 heteroatoms. The highest BCUT2D eigenvalue weighted by atomic mass is 79.9. The second-order valence-corrected chi connectivity index (χ2v) is 4.59. The molecule has 0 saturated carbocycles. The van der Waals surface area contributed by atoms with Crippen LogP contribution in [0.15, 0.2) is 22.7 Å². The number of benzene rings is 1. The molecule has 16 heavy (non-hydrogen) atoms. The molecule has 2 atom stereocenters. The van der Waals surface area contributed by atoms with Crippen molar-refractivity contribution >= 4 is 15.9 Å². The molecule has 1 aromatic rings. The van der Waals surface area contributed by atoms with Gasteiger partial charge in [-0.3, -0.25) is 0 Å². The zero-order valence-corrected chi connectivity index (χ0v) is 11.0. The molecule has 0 aliphatic heterocycles. The number of halogens is 2. The van der Waals surface area contributed by atoms with E-state index in [2.05, 4.69) is 15.9 Å². The number of hydrogen-bond acceptors (Lipinski definition) is 2. The SMILES string of the molecule is CCCC(OC)C(O)c1cc(Br)ccc1F. The van der Waals surface area contributed by atoms with Crippen LogP contribution in [0.3, 0.4) is 0 Å². The Bertz CT molecular complexity index is 344. The van der Waals surface area contributed by atoms with Gasteiger partial charge in [-0.2, -0.15) is 0 Å². The van der Waals surface area contributed by atoms with Crippen LogP contribution in [0.1, 0.15) is 31.4 Å². The van der Waals surface area contributed by atoms with Gasteiger partial charge in [0.1, 0.15) is 11.9 Å². The number of hydrogen-bond donors (Lipinski definition) is 1. The minimum atomic E-state index is -0.928. The van der Waals surface area contributed by atoms with Gasteiger partial charge < -0.3 is 9.84 Å². The normalized spacial score (nSPS) is 14.8. The van der Waals surface area contributed by atoms with Gasteiger partial charge in [0.05, 0.1) is 6.10 Å². The first kappa shape index (κ1) is 13.6. The minimum Gasteiger partial charge on any atom is -0.386 e. The Morgan fingerprint density at radius 1 is 1.50 bits per heavy atom. The molecule has 0 aliphatic rings. The smallest absolute Gasteiger partial charge is 0.129 e. The van der Waals surface area contributed by atoms with E-state index in [9.17, 15) is 9.50 Å². The summed E-state index contributed by atoms with van der Waals surface area (Å²) >= 11 is 3.26. The third kappa shape index (κ3) is 3.27. The third-order valence-corrected chi connectivity index (χ3v) is 3.00. The lowest BCUT2D eigenvalue weighted by molar-refractivity contribution is -0.0195. The number of methoxy groups -OCH3 is 1. The summed E-state index contributed by atoms with van der Waals surface area (Å²) in [5.74, 6) is -0.408. The van der Waals surface area contributed by atoms with Crippen molar-refractivity contribution in [1.82, 2.24) is 0 Å². The number of ether oxygens (including phenoxy) is 1. The number of rotatable bonds is 5. The average Bonchev–Trinajstić information content (AvgIpc) is 2.28. The molecular formula is C12H16BrFO2. The zero-order chi connectivity index (χ0) is 12.1. The summed E-state index contributed by atoms with van der Waals surface area (Å²) in [6, 6.07) is 4.52. The molecule has 2 unspecified atom stereocenters. The molecular weight excluding hydrogens is 275 g/mol. The van der Waals surface area contributed by atoms with Gasteiger partial charge in [0, 0.05) is 17.1 Å². The van der Waals surface area contributed by atoms with Crippen LogP contribution in [0.25, 0.3) is 0 Å². The summed E-state index contributed by atoms with van der Waals surface area (Å²) in [7, 11) is 1.53. The van der Waals surface area contributed by atoms with Gasteiger partial charge in [-0.25, -0.2) is 4.39 Å². The van der Waals surface area contributed by atoms with Crippen LogP contribution >= 0.6 is 15.9 Å². The number of aliphatic hydroxyl groups is 1. The third-order valence-electron chi connectivity index (χ3n) is 2.50. The van der Waals surface area contributed by atoms with E-state index in [0.29, 0.717) is 6.42 Å². The molecule has 1 rings (SSSR count). The van der Waals surface area contributed by atoms with E-state index in [1.807, 2.05) is 6.92 Å². The number of aliphatic hydroxyl groups excluding tert-OH is 1. The first-order chi connectivity index (χ1) is 7.60. The van der Waals surface area contributed by atoms with E-state index in [0.717, 1.165) is 10.9 Å². The molecule has 0 radical (unpaired) electrons. The van der Waals surface area contributed by atoms with Crippen molar-refractivity contribution in [2.45, 2.75) is 32.0 Å². The molecule has 0 spiro atoms. The topological polar surface area (TPSA) is 29.5 Å². The molecule has 2 nitrogen and oxygen atoms in total. The van der Waals surface area contributed by atoms with Crippen LogP contribution in [-0.4, -0.2) is 18.3 Å². The van der Waals surface area contributed by atoms with E-state index in [1.54, 1.807) is 12.1 Å². The molecule has 1 N–H and O–H groups in total. The molecule has 0 aromatic heterocycles. The van der Waals surface area contributed by atoms with Gasteiger partial charge in [-0.15, -0.1) is 0 Å². The van der Waals surface area contributed by atoms with Crippen molar-refractivity contribution in [2.24, 2.45) is 0 Å². The van der Waals surface area contributed by atoms with Crippen LogP contribution in [0.5, 0.6) is 0 Å². The fourth-order valence-electron chi connectivity index (χ4n) is 1.63. The lowest BCUT2D eigenvalue weighted by Gasteiger charge is -2.22. The standard InChI is InChI=1S/C12H16BrFO2/c1-3-4-11(16-2)12(15)9-7-8(13)5-6-10(9)14/h5-7,11-12,15H,3-4H2,1-2H3. The first-order valence-electron chi connectivity index (χ1n) is 5.26. The van der Waals surface area contributed by atoms with Gasteiger partial charge in [0.2, 0.25) is 0 Å². The molecule has 0 saturated heterocycles. The summed E-state index contributed by atoms with van der Waals surface area (Å²) in [5, 5.41) is 10.0. The largest absolute Gasteiger partial charge is 0.386 e. The first-order valence-corrected chi connectivity index (χ1v) is 6.05. The highest BCUT2D eigenvalue weighted by Gasteiger charge is 2.22. The molecule has 0 aliphatic carbocycles. The molecule has 90 valence electrons. The molecule has 1 aromatic carbocycles. The molecule has 0 amide bonds. The van der Waals surface area contributed by atoms with Gasteiger partial charge in [0.25, 0.3) is 0 Å². The maximum Gasteiger partial charge on any atom is 0.129 e. The van der Waals surface area contributed by atoms with Crippen LogP contribution < -0.4 is 0 Å². The second-order valence-electron chi connectivity index (χ2n) is 3.67. The van der Waals surface area contributed by atoms with Crippen LogP contribution in [-0.2, 0) is 4.74 Å². The Kier molecular flexibility index (Phi) is 5.38. The molecule has 0 heterocycles.